The van der Waals surface area contributed by atoms with E-state index in [1.807, 2.05) is 66.7 Å². The standard InChI is InChI=1S/C25H21Cl2F3N4O2S/c26-19-6-1-16(2-7-19)23(17-3-8-20(27)9-4-17)18-5-10-22-21(15-18)24(32-31-22)33-11-13-34(14-12-33)37(35,36)25(28,29)30/h1-10,15,23H,11-14H2,(H,31,32). The predicted molar refractivity (Wildman–Crippen MR) is 139 cm³/mol. The maximum atomic E-state index is 13.0. The van der Waals surface area contributed by atoms with Gasteiger partial charge in [-0.15, -0.1) is 0 Å². The number of sulfonamides is 1. The number of nitrogens with one attached hydrogen (secondary N) is 1. The molecule has 4 aromatic rings. The Bertz CT molecular complexity index is 1470. The van der Waals surface area contributed by atoms with E-state index in [4.69, 9.17) is 23.2 Å². The van der Waals surface area contributed by atoms with E-state index in [1.165, 1.54) is 0 Å². The Kier molecular flexibility index (Phi) is 6.86. The zero-order valence-electron chi connectivity index (χ0n) is 19.2. The maximum Gasteiger partial charge on any atom is 0.511 e. The SMILES string of the molecule is O=S(=O)(N1CCN(c2n[nH]c3ccc(C(c4ccc(Cl)cc4)c4ccc(Cl)cc4)cc23)CC1)C(F)(F)F. The molecule has 1 aliphatic heterocycles. The van der Waals surface area contributed by atoms with Crippen LogP contribution in [0, 0.1) is 0 Å². The quantitative estimate of drug-likeness (QED) is 0.299. The molecule has 5 rings (SSSR count). The highest BCUT2D eigenvalue weighted by Crippen LogP contribution is 2.37. The van der Waals surface area contributed by atoms with Gasteiger partial charge < -0.3 is 4.90 Å². The van der Waals surface area contributed by atoms with Crippen LogP contribution in [0.25, 0.3) is 10.9 Å². The third kappa shape index (κ3) is 5.03. The lowest BCUT2D eigenvalue weighted by Gasteiger charge is -2.34. The van der Waals surface area contributed by atoms with Crippen molar-refractivity contribution in [1.82, 2.24) is 14.5 Å². The molecule has 1 N–H and O–H groups in total. The molecule has 0 aliphatic carbocycles. The number of hydrogen-bond acceptors (Lipinski definition) is 4. The lowest BCUT2D eigenvalue weighted by molar-refractivity contribution is -0.0490. The van der Waals surface area contributed by atoms with Crippen LogP contribution in [0.3, 0.4) is 0 Å². The second-order valence-corrected chi connectivity index (χ2v) is 11.5. The van der Waals surface area contributed by atoms with Crippen LogP contribution in [0.4, 0.5) is 19.0 Å². The molecule has 0 spiro atoms. The van der Waals surface area contributed by atoms with Gasteiger partial charge in [-0.2, -0.15) is 22.6 Å². The van der Waals surface area contributed by atoms with Gasteiger partial charge in [0.05, 0.1) is 5.52 Å². The van der Waals surface area contributed by atoms with Crippen LogP contribution in [0.1, 0.15) is 22.6 Å². The number of nitrogens with zero attached hydrogens (tertiary/aromatic N) is 3. The van der Waals surface area contributed by atoms with Crippen molar-refractivity contribution in [3.8, 4) is 0 Å². The molecule has 2 heterocycles. The normalized spacial score (nSPS) is 15.6. The molecule has 12 heteroatoms. The Balaban J connectivity index is 1.49. The average Bonchev–Trinajstić information content (AvgIpc) is 3.29. The second-order valence-electron chi connectivity index (χ2n) is 8.73. The van der Waals surface area contributed by atoms with Crippen molar-refractivity contribution in [3.05, 3.63) is 93.5 Å². The number of halogens is 5. The first kappa shape index (κ1) is 25.8. The van der Waals surface area contributed by atoms with Crippen LogP contribution >= 0.6 is 23.2 Å². The molecule has 0 unspecified atom stereocenters. The number of aromatic amines is 1. The molecule has 1 fully saturated rings. The lowest BCUT2D eigenvalue weighted by atomic mass is 9.85. The van der Waals surface area contributed by atoms with Gasteiger partial charge >= 0.3 is 15.5 Å². The number of fused-ring (bicyclic) bond motifs is 1. The number of hydrogen-bond donors (Lipinski definition) is 1. The van der Waals surface area contributed by atoms with E-state index in [-0.39, 0.29) is 32.1 Å². The number of rotatable bonds is 5. The largest absolute Gasteiger partial charge is 0.511 e. The Morgan fingerprint density at radius 2 is 1.32 bits per heavy atom. The zero-order chi connectivity index (χ0) is 26.4. The summed E-state index contributed by atoms with van der Waals surface area (Å²) in [4.78, 5) is 1.80. The molecule has 0 radical (unpaired) electrons. The van der Waals surface area contributed by atoms with E-state index in [0.717, 1.165) is 27.6 Å². The van der Waals surface area contributed by atoms with E-state index >= 15 is 0 Å². The first-order valence-electron chi connectivity index (χ1n) is 11.3. The molecule has 194 valence electrons. The minimum absolute atomic E-state index is 0.0806. The van der Waals surface area contributed by atoms with Crippen molar-refractivity contribution in [3.63, 3.8) is 0 Å². The fourth-order valence-electron chi connectivity index (χ4n) is 4.61. The van der Waals surface area contributed by atoms with Gasteiger partial charge in [-0.25, -0.2) is 8.42 Å². The summed E-state index contributed by atoms with van der Waals surface area (Å²) in [7, 11) is -5.36. The highest BCUT2D eigenvalue weighted by Gasteiger charge is 2.50. The van der Waals surface area contributed by atoms with Crippen LogP contribution in [-0.4, -0.2) is 54.6 Å². The smallest absolute Gasteiger partial charge is 0.352 e. The number of benzene rings is 3. The van der Waals surface area contributed by atoms with Crippen molar-refractivity contribution in [2.75, 3.05) is 31.1 Å². The highest BCUT2D eigenvalue weighted by atomic mass is 35.5. The van der Waals surface area contributed by atoms with Crippen molar-refractivity contribution in [2.24, 2.45) is 0 Å². The van der Waals surface area contributed by atoms with Crippen molar-refractivity contribution in [1.29, 1.82) is 0 Å². The molecular weight excluding hydrogens is 548 g/mol. The summed E-state index contributed by atoms with van der Waals surface area (Å²) in [5, 5.41) is 9.41. The topological polar surface area (TPSA) is 69.3 Å². The summed E-state index contributed by atoms with van der Waals surface area (Å²) in [5.74, 6) is 0.419. The number of alkyl halides is 3. The van der Waals surface area contributed by atoms with Crippen LogP contribution in [-0.2, 0) is 10.0 Å². The molecule has 1 saturated heterocycles. The summed E-state index contributed by atoms with van der Waals surface area (Å²) in [6.45, 7) is -0.406. The Labute approximate surface area is 221 Å². The fourth-order valence-corrected chi connectivity index (χ4v) is 5.80. The first-order valence-corrected chi connectivity index (χ1v) is 13.5. The molecule has 0 bridgehead atoms. The molecule has 0 amide bonds. The molecule has 1 aliphatic rings. The van der Waals surface area contributed by atoms with E-state index < -0.39 is 15.5 Å². The molecule has 3 aromatic carbocycles. The van der Waals surface area contributed by atoms with Crippen LogP contribution < -0.4 is 4.90 Å². The first-order chi connectivity index (χ1) is 17.5. The van der Waals surface area contributed by atoms with Gasteiger partial charge in [0.1, 0.15) is 0 Å². The molecule has 0 atom stereocenters. The van der Waals surface area contributed by atoms with Gasteiger partial charge in [0.25, 0.3) is 0 Å². The minimum atomic E-state index is -5.36. The number of anilines is 1. The van der Waals surface area contributed by atoms with Gasteiger partial charge in [0, 0.05) is 47.5 Å². The number of aromatic nitrogens is 2. The Hall–Kier alpha value is -2.79. The summed E-state index contributed by atoms with van der Waals surface area (Å²) < 4.78 is 62.9. The lowest BCUT2D eigenvalue weighted by Crippen LogP contribution is -2.52. The molecule has 37 heavy (non-hydrogen) atoms. The zero-order valence-corrected chi connectivity index (χ0v) is 21.5. The van der Waals surface area contributed by atoms with Gasteiger partial charge in [0.15, 0.2) is 5.82 Å². The van der Waals surface area contributed by atoms with Crippen LogP contribution in [0.15, 0.2) is 66.7 Å². The van der Waals surface area contributed by atoms with Gasteiger partial charge in [-0.05, 0) is 53.1 Å². The predicted octanol–water partition coefficient (Wildman–Crippen LogP) is 6.02. The molecule has 1 aromatic heterocycles. The van der Waals surface area contributed by atoms with Gasteiger partial charge in [-0.3, -0.25) is 5.10 Å². The summed E-state index contributed by atoms with van der Waals surface area (Å²) in [5.41, 5.74) is -1.56. The molecule has 6 nitrogen and oxygen atoms in total. The van der Waals surface area contributed by atoms with Crippen molar-refractivity contribution in [2.45, 2.75) is 11.4 Å². The van der Waals surface area contributed by atoms with E-state index in [2.05, 4.69) is 10.2 Å². The summed E-state index contributed by atoms with van der Waals surface area (Å²) in [6.07, 6.45) is 0. The maximum absolute atomic E-state index is 13.0. The third-order valence-electron chi connectivity index (χ3n) is 6.48. The summed E-state index contributed by atoms with van der Waals surface area (Å²) >= 11 is 12.2. The number of piperazine rings is 1. The molecular formula is C25H21Cl2F3N4O2S. The van der Waals surface area contributed by atoms with Crippen LogP contribution in [0.5, 0.6) is 0 Å². The Morgan fingerprint density at radius 3 is 1.84 bits per heavy atom. The van der Waals surface area contributed by atoms with Gasteiger partial charge in [-0.1, -0.05) is 53.5 Å². The highest BCUT2D eigenvalue weighted by molar-refractivity contribution is 7.90. The molecule has 0 saturated carbocycles. The van der Waals surface area contributed by atoms with Gasteiger partial charge in [0.2, 0.25) is 0 Å². The van der Waals surface area contributed by atoms with Crippen molar-refractivity contribution < 1.29 is 21.6 Å². The third-order valence-corrected chi connectivity index (χ3v) is 8.61. The minimum Gasteiger partial charge on any atom is -0.352 e. The Morgan fingerprint density at radius 1 is 0.811 bits per heavy atom. The van der Waals surface area contributed by atoms with Crippen molar-refractivity contribution >= 4 is 49.9 Å². The average molecular weight is 569 g/mol. The number of H-pyrrole nitrogens is 1. The van der Waals surface area contributed by atoms with E-state index in [0.29, 0.717) is 20.2 Å². The van der Waals surface area contributed by atoms with Crippen LogP contribution in [0.2, 0.25) is 10.0 Å². The fraction of sp³-hybridized carbons (Fsp3) is 0.240. The summed E-state index contributed by atoms with van der Waals surface area (Å²) in [6, 6.07) is 21.1. The monoisotopic (exact) mass is 568 g/mol. The second kappa shape index (κ2) is 9.83. The van der Waals surface area contributed by atoms with E-state index in [9.17, 15) is 21.6 Å². The van der Waals surface area contributed by atoms with E-state index in [1.54, 1.807) is 4.90 Å².